The predicted octanol–water partition coefficient (Wildman–Crippen LogP) is 5.38. The lowest BCUT2D eigenvalue weighted by molar-refractivity contribution is -0.137. The Labute approximate surface area is 168 Å². The highest BCUT2D eigenvalue weighted by Gasteiger charge is 2.30. The minimum atomic E-state index is -4.36. The van der Waals surface area contributed by atoms with Gasteiger partial charge in [0.15, 0.2) is 0 Å². The number of hydrogen-bond donors (Lipinski definition) is 2. The van der Waals surface area contributed by atoms with E-state index in [4.69, 9.17) is 0 Å². The van der Waals surface area contributed by atoms with Crippen LogP contribution in [0.2, 0.25) is 0 Å². The molecule has 1 heterocycles. The third-order valence-electron chi connectivity index (χ3n) is 5.15. The molecule has 1 aliphatic heterocycles. The van der Waals surface area contributed by atoms with Crippen LogP contribution >= 0.6 is 0 Å². The zero-order valence-corrected chi connectivity index (χ0v) is 16.2. The van der Waals surface area contributed by atoms with E-state index in [2.05, 4.69) is 29.2 Å². The first kappa shape index (κ1) is 20.9. The summed E-state index contributed by atoms with van der Waals surface area (Å²) in [6.45, 7) is 5.40. The van der Waals surface area contributed by atoms with E-state index in [-0.39, 0.29) is 5.91 Å². The maximum absolute atomic E-state index is 12.8. The molecule has 1 fully saturated rings. The average molecular weight is 403 g/mol. The highest BCUT2D eigenvalue weighted by Crippen LogP contribution is 2.36. The van der Waals surface area contributed by atoms with Crippen molar-refractivity contribution in [1.82, 2.24) is 4.90 Å². The number of hydrogen-bond acceptors (Lipinski definition) is 3. The molecule has 2 aromatic rings. The van der Waals surface area contributed by atoms with Crippen LogP contribution in [-0.4, -0.2) is 30.9 Å². The second-order valence-corrected chi connectivity index (χ2v) is 7.27. The summed E-state index contributed by atoms with van der Waals surface area (Å²) in [5.74, 6) is 0.00603. The molecule has 1 amide bonds. The summed E-state index contributed by atoms with van der Waals surface area (Å²) >= 11 is 0. The summed E-state index contributed by atoms with van der Waals surface area (Å²) in [7, 11) is 2.08. The van der Waals surface area contributed by atoms with E-state index in [0.717, 1.165) is 49.3 Å². The fraction of sp³-hybridized carbons (Fsp3) is 0.318. The number of nitrogens with zero attached hydrogens (tertiary/aromatic N) is 1. The first-order chi connectivity index (χ1) is 13.8. The fourth-order valence-electron chi connectivity index (χ4n) is 3.50. The van der Waals surface area contributed by atoms with Crippen molar-refractivity contribution in [2.45, 2.75) is 24.9 Å². The van der Waals surface area contributed by atoms with Crippen molar-refractivity contribution in [2.75, 3.05) is 30.8 Å². The van der Waals surface area contributed by atoms with Gasteiger partial charge in [-0.2, -0.15) is 13.2 Å². The first-order valence-corrected chi connectivity index (χ1v) is 9.46. The number of anilines is 3. The fourth-order valence-corrected chi connectivity index (χ4v) is 3.50. The maximum atomic E-state index is 12.8. The molecule has 0 aromatic heterocycles. The van der Waals surface area contributed by atoms with Crippen molar-refractivity contribution in [2.24, 2.45) is 0 Å². The molecule has 0 radical (unpaired) electrons. The van der Waals surface area contributed by atoms with Gasteiger partial charge in [0.2, 0.25) is 5.91 Å². The summed E-state index contributed by atoms with van der Waals surface area (Å²) in [5, 5.41) is 6.02. The van der Waals surface area contributed by atoms with Gasteiger partial charge in [0.1, 0.15) is 0 Å². The molecule has 2 N–H and O–H groups in total. The molecule has 0 spiro atoms. The van der Waals surface area contributed by atoms with Crippen LogP contribution in [0, 0.1) is 0 Å². The molecule has 0 atom stereocenters. The number of alkyl halides is 3. The third kappa shape index (κ3) is 5.38. The van der Waals surface area contributed by atoms with E-state index in [1.54, 1.807) is 6.07 Å². The highest BCUT2D eigenvalue weighted by atomic mass is 19.4. The van der Waals surface area contributed by atoms with Crippen LogP contribution in [0.1, 0.15) is 29.9 Å². The molecule has 29 heavy (non-hydrogen) atoms. The maximum Gasteiger partial charge on any atom is 0.416 e. The Kier molecular flexibility index (Phi) is 6.27. The summed E-state index contributed by atoms with van der Waals surface area (Å²) in [6.07, 6.45) is -1.21. The van der Waals surface area contributed by atoms with E-state index in [0.29, 0.717) is 17.3 Å². The first-order valence-electron chi connectivity index (χ1n) is 9.46. The third-order valence-corrected chi connectivity index (χ3v) is 5.15. The number of amides is 1. The molecule has 1 saturated heterocycles. The van der Waals surface area contributed by atoms with Crippen molar-refractivity contribution >= 4 is 23.0 Å². The molecule has 0 saturated carbocycles. The number of nitrogens with one attached hydrogen (secondary N) is 2. The molecule has 7 heteroatoms. The number of piperidine rings is 1. The molecule has 2 aromatic carbocycles. The van der Waals surface area contributed by atoms with Crippen molar-refractivity contribution in [1.29, 1.82) is 0 Å². The van der Waals surface area contributed by atoms with Crippen molar-refractivity contribution < 1.29 is 18.0 Å². The van der Waals surface area contributed by atoms with Crippen LogP contribution in [0.15, 0.2) is 55.1 Å². The molecule has 0 aliphatic carbocycles. The van der Waals surface area contributed by atoms with E-state index in [9.17, 15) is 18.0 Å². The van der Waals surface area contributed by atoms with E-state index in [1.165, 1.54) is 18.2 Å². The Balaban J connectivity index is 1.88. The van der Waals surface area contributed by atoms with Gasteiger partial charge in [-0.25, -0.2) is 0 Å². The average Bonchev–Trinajstić information content (AvgIpc) is 2.69. The van der Waals surface area contributed by atoms with E-state index < -0.39 is 11.7 Å². The van der Waals surface area contributed by atoms with Crippen LogP contribution in [0.25, 0.3) is 0 Å². The second kappa shape index (κ2) is 8.69. The SMILES string of the molecule is C=CC(=O)Nc1ccc(Nc2ccc(C(F)(F)F)cc2)c(C2CCN(C)CC2)c1. The summed E-state index contributed by atoms with van der Waals surface area (Å²) < 4.78 is 38.4. The van der Waals surface area contributed by atoms with Crippen LogP contribution in [0.3, 0.4) is 0 Å². The van der Waals surface area contributed by atoms with E-state index >= 15 is 0 Å². The van der Waals surface area contributed by atoms with Gasteiger partial charge < -0.3 is 15.5 Å². The minimum absolute atomic E-state index is 0.289. The highest BCUT2D eigenvalue weighted by molar-refractivity contribution is 5.99. The summed E-state index contributed by atoms with van der Waals surface area (Å²) in [5.41, 5.74) is 2.44. The quantitative estimate of drug-likeness (QED) is 0.659. The Hall–Kier alpha value is -2.80. The number of rotatable bonds is 5. The van der Waals surface area contributed by atoms with Crippen LogP contribution in [0.5, 0.6) is 0 Å². The number of carbonyl (C=O) groups excluding carboxylic acids is 1. The van der Waals surface area contributed by atoms with Gasteiger partial charge in [0.25, 0.3) is 0 Å². The summed E-state index contributed by atoms with van der Waals surface area (Å²) in [6, 6.07) is 10.5. The molecular formula is C22H24F3N3O. The monoisotopic (exact) mass is 403 g/mol. The normalized spacial score (nSPS) is 15.7. The number of benzene rings is 2. The standard InChI is InChI=1S/C22H24F3N3O/c1-3-21(29)27-18-8-9-20(19(14-18)15-10-12-28(2)13-11-15)26-17-6-4-16(5-7-17)22(23,24)25/h3-9,14-15,26H,1,10-13H2,2H3,(H,27,29). The number of carbonyl (C=O) groups is 1. The van der Waals surface area contributed by atoms with Gasteiger partial charge in [0.05, 0.1) is 5.56 Å². The predicted molar refractivity (Wildman–Crippen MR) is 109 cm³/mol. The second-order valence-electron chi connectivity index (χ2n) is 7.27. The number of likely N-dealkylation sites (tertiary alicyclic amines) is 1. The topological polar surface area (TPSA) is 44.4 Å². The van der Waals surface area contributed by atoms with Gasteiger partial charge in [0, 0.05) is 17.1 Å². The van der Waals surface area contributed by atoms with Gasteiger partial charge in [-0.3, -0.25) is 4.79 Å². The molecule has 0 bridgehead atoms. The molecule has 0 unspecified atom stereocenters. The van der Waals surface area contributed by atoms with Gasteiger partial charge in [-0.05, 0) is 93.0 Å². The Bertz CT molecular complexity index is 870. The van der Waals surface area contributed by atoms with Crippen molar-refractivity contribution in [3.63, 3.8) is 0 Å². The lowest BCUT2D eigenvalue weighted by Gasteiger charge is -2.30. The molecule has 3 rings (SSSR count). The van der Waals surface area contributed by atoms with Gasteiger partial charge in [-0.15, -0.1) is 0 Å². The Morgan fingerprint density at radius 1 is 1.10 bits per heavy atom. The smallest absolute Gasteiger partial charge is 0.355 e. The Morgan fingerprint density at radius 2 is 1.72 bits per heavy atom. The van der Waals surface area contributed by atoms with Gasteiger partial charge in [-0.1, -0.05) is 6.58 Å². The lowest BCUT2D eigenvalue weighted by Crippen LogP contribution is -2.29. The molecule has 1 aliphatic rings. The summed E-state index contributed by atoms with van der Waals surface area (Å²) in [4.78, 5) is 13.9. The van der Waals surface area contributed by atoms with Crippen LogP contribution < -0.4 is 10.6 Å². The van der Waals surface area contributed by atoms with E-state index in [1.807, 2.05) is 12.1 Å². The van der Waals surface area contributed by atoms with Crippen molar-refractivity contribution in [3.05, 3.63) is 66.2 Å². The van der Waals surface area contributed by atoms with Crippen LogP contribution in [0.4, 0.5) is 30.2 Å². The molecular weight excluding hydrogens is 379 g/mol. The molecule has 154 valence electrons. The zero-order valence-electron chi connectivity index (χ0n) is 16.2. The minimum Gasteiger partial charge on any atom is -0.355 e. The van der Waals surface area contributed by atoms with Crippen molar-refractivity contribution in [3.8, 4) is 0 Å². The zero-order chi connectivity index (χ0) is 21.0. The van der Waals surface area contributed by atoms with Crippen LogP contribution in [-0.2, 0) is 11.0 Å². The Morgan fingerprint density at radius 3 is 2.31 bits per heavy atom. The number of halogens is 3. The molecule has 4 nitrogen and oxygen atoms in total. The van der Waals surface area contributed by atoms with Gasteiger partial charge >= 0.3 is 6.18 Å². The largest absolute Gasteiger partial charge is 0.416 e. The lowest BCUT2D eigenvalue weighted by atomic mass is 9.88.